The van der Waals surface area contributed by atoms with E-state index in [0.717, 1.165) is 18.4 Å². The molecule has 0 saturated carbocycles. The summed E-state index contributed by atoms with van der Waals surface area (Å²) in [6, 6.07) is 0. The van der Waals surface area contributed by atoms with Gasteiger partial charge in [-0.25, -0.2) is 0 Å². The fraction of sp³-hybridized carbons (Fsp3) is 0.545. The summed E-state index contributed by atoms with van der Waals surface area (Å²) in [6.07, 6.45) is 8.54. The fourth-order valence-electron chi connectivity index (χ4n) is 1.85. The maximum atomic E-state index is 11.5. The van der Waals surface area contributed by atoms with Crippen molar-refractivity contribution in [3.63, 3.8) is 0 Å². The van der Waals surface area contributed by atoms with Gasteiger partial charge in [0.25, 0.3) is 0 Å². The Morgan fingerprint density at radius 1 is 1.46 bits per heavy atom. The highest BCUT2D eigenvalue weighted by Gasteiger charge is 2.45. The Hall–Kier alpha value is -0.890. The van der Waals surface area contributed by atoms with E-state index in [1.165, 1.54) is 0 Å². The summed E-state index contributed by atoms with van der Waals surface area (Å²) in [6.45, 7) is 2.79. The molecule has 0 unspecified atom stereocenters. The molecule has 0 bridgehead atoms. The summed E-state index contributed by atoms with van der Waals surface area (Å²) in [4.78, 5) is 11.5. The van der Waals surface area contributed by atoms with E-state index in [2.05, 4.69) is 18.2 Å². The molecule has 0 aromatic carbocycles. The maximum absolute atomic E-state index is 11.5. The quantitative estimate of drug-likeness (QED) is 0.645. The Kier molecular flexibility index (Phi) is 2.08. The Bertz CT molecular complexity index is 282. The topological polar surface area (TPSA) is 26.3 Å². The van der Waals surface area contributed by atoms with E-state index >= 15 is 0 Å². The Morgan fingerprint density at radius 3 is 2.62 bits per heavy atom. The van der Waals surface area contributed by atoms with Gasteiger partial charge in [-0.3, -0.25) is 4.79 Å². The molecule has 70 valence electrons. The van der Waals surface area contributed by atoms with Crippen LogP contribution in [0.1, 0.15) is 19.8 Å². The Morgan fingerprint density at radius 2 is 2.23 bits per heavy atom. The largest absolute Gasteiger partial charge is 0.378 e. The van der Waals surface area contributed by atoms with Crippen LogP contribution in [0.4, 0.5) is 0 Å². The lowest BCUT2D eigenvalue weighted by Crippen LogP contribution is -2.49. The third-order valence-electron chi connectivity index (χ3n) is 2.92. The van der Waals surface area contributed by atoms with E-state index in [4.69, 9.17) is 4.74 Å². The van der Waals surface area contributed by atoms with E-state index in [1.807, 2.05) is 0 Å². The van der Waals surface area contributed by atoms with Crippen LogP contribution in [0.2, 0.25) is 0 Å². The molecule has 0 amide bonds. The molecule has 0 N–H and O–H groups in total. The number of ether oxygens (including phenoxy) is 1. The molecule has 1 saturated heterocycles. The first kappa shape index (κ1) is 8.70. The SMILES string of the molecule is CC(=O)C1(C2=CCCC=C2)COC1. The molecule has 1 aliphatic heterocycles. The van der Waals surface area contributed by atoms with Crippen molar-refractivity contribution in [2.75, 3.05) is 13.2 Å². The predicted octanol–water partition coefficient (Wildman–Crippen LogP) is 1.87. The zero-order valence-electron chi connectivity index (χ0n) is 7.88. The highest BCUT2D eigenvalue weighted by molar-refractivity contribution is 5.87. The van der Waals surface area contributed by atoms with Crippen LogP contribution in [0.3, 0.4) is 0 Å². The molecule has 0 spiro atoms. The van der Waals surface area contributed by atoms with E-state index < -0.39 is 0 Å². The molecule has 1 aliphatic carbocycles. The van der Waals surface area contributed by atoms with Crippen molar-refractivity contribution in [1.82, 2.24) is 0 Å². The van der Waals surface area contributed by atoms with Gasteiger partial charge in [-0.2, -0.15) is 0 Å². The molecule has 0 aromatic heterocycles. The molecule has 2 heteroatoms. The van der Waals surface area contributed by atoms with E-state index in [0.29, 0.717) is 13.2 Å². The lowest BCUT2D eigenvalue weighted by atomic mass is 9.73. The predicted molar refractivity (Wildman–Crippen MR) is 50.4 cm³/mol. The lowest BCUT2D eigenvalue weighted by Gasteiger charge is -2.41. The minimum absolute atomic E-state index is 0.233. The van der Waals surface area contributed by atoms with Gasteiger partial charge in [0, 0.05) is 0 Å². The van der Waals surface area contributed by atoms with Crippen molar-refractivity contribution < 1.29 is 9.53 Å². The smallest absolute Gasteiger partial charge is 0.144 e. The van der Waals surface area contributed by atoms with Gasteiger partial charge in [-0.1, -0.05) is 18.2 Å². The van der Waals surface area contributed by atoms with Crippen molar-refractivity contribution in [2.24, 2.45) is 5.41 Å². The summed E-state index contributed by atoms with van der Waals surface area (Å²) in [5.74, 6) is 0.233. The van der Waals surface area contributed by atoms with Crippen molar-refractivity contribution in [2.45, 2.75) is 19.8 Å². The highest BCUT2D eigenvalue weighted by Crippen LogP contribution is 2.38. The van der Waals surface area contributed by atoms with Crippen molar-refractivity contribution >= 4 is 5.78 Å². The second kappa shape index (κ2) is 3.11. The molecule has 2 nitrogen and oxygen atoms in total. The van der Waals surface area contributed by atoms with Crippen LogP contribution < -0.4 is 0 Å². The number of carbonyl (C=O) groups excluding carboxylic acids is 1. The zero-order chi connectivity index (χ0) is 9.31. The maximum Gasteiger partial charge on any atom is 0.144 e. The van der Waals surface area contributed by atoms with Gasteiger partial charge in [0.1, 0.15) is 5.78 Å². The number of hydrogen-bond acceptors (Lipinski definition) is 2. The third kappa shape index (κ3) is 1.25. The molecule has 0 radical (unpaired) electrons. The molecule has 1 heterocycles. The van der Waals surface area contributed by atoms with E-state index in [-0.39, 0.29) is 11.2 Å². The van der Waals surface area contributed by atoms with Gasteiger partial charge in [-0.05, 0) is 25.3 Å². The van der Waals surface area contributed by atoms with Gasteiger partial charge in [-0.15, -0.1) is 0 Å². The summed E-state index contributed by atoms with van der Waals surface area (Å²) in [7, 11) is 0. The summed E-state index contributed by atoms with van der Waals surface area (Å²) < 4.78 is 5.16. The zero-order valence-corrected chi connectivity index (χ0v) is 7.88. The van der Waals surface area contributed by atoms with Crippen LogP contribution in [0.15, 0.2) is 23.8 Å². The average Bonchev–Trinajstić information content (AvgIpc) is 2.03. The van der Waals surface area contributed by atoms with Gasteiger partial charge < -0.3 is 4.74 Å². The molecule has 2 rings (SSSR count). The van der Waals surface area contributed by atoms with Gasteiger partial charge in [0.2, 0.25) is 0 Å². The Balaban J connectivity index is 2.26. The van der Waals surface area contributed by atoms with Crippen LogP contribution in [-0.2, 0) is 9.53 Å². The summed E-state index contributed by atoms with van der Waals surface area (Å²) >= 11 is 0. The molecule has 0 aromatic rings. The minimum Gasteiger partial charge on any atom is -0.378 e. The molecular formula is C11H14O2. The molecule has 0 atom stereocenters. The van der Waals surface area contributed by atoms with Gasteiger partial charge in [0.05, 0.1) is 18.6 Å². The number of Topliss-reactive ketones (excluding diaryl/α,β-unsaturated/α-hetero) is 1. The number of rotatable bonds is 2. The number of allylic oxidation sites excluding steroid dienone is 3. The first-order valence-electron chi connectivity index (χ1n) is 4.72. The number of carbonyl (C=O) groups is 1. The van der Waals surface area contributed by atoms with E-state index in [1.54, 1.807) is 6.92 Å². The second-order valence-electron chi connectivity index (χ2n) is 3.77. The van der Waals surface area contributed by atoms with Crippen LogP contribution in [0.5, 0.6) is 0 Å². The second-order valence-corrected chi connectivity index (χ2v) is 3.77. The van der Waals surface area contributed by atoms with Crippen LogP contribution >= 0.6 is 0 Å². The van der Waals surface area contributed by atoms with Crippen LogP contribution in [0.25, 0.3) is 0 Å². The molecule has 1 fully saturated rings. The minimum atomic E-state index is -0.295. The fourth-order valence-corrected chi connectivity index (χ4v) is 1.85. The first-order valence-corrected chi connectivity index (χ1v) is 4.72. The lowest BCUT2D eigenvalue weighted by molar-refractivity contribution is -0.148. The average molecular weight is 178 g/mol. The monoisotopic (exact) mass is 178 g/mol. The van der Waals surface area contributed by atoms with Crippen molar-refractivity contribution in [1.29, 1.82) is 0 Å². The molecule has 2 aliphatic rings. The van der Waals surface area contributed by atoms with Crippen molar-refractivity contribution in [3.8, 4) is 0 Å². The first-order chi connectivity index (χ1) is 6.26. The van der Waals surface area contributed by atoms with Crippen molar-refractivity contribution in [3.05, 3.63) is 23.8 Å². The number of hydrogen-bond donors (Lipinski definition) is 0. The third-order valence-corrected chi connectivity index (χ3v) is 2.92. The summed E-state index contributed by atoms with van der Waals surface area (Å²) in [5.41, 5.74) is 0.870. The molecular weight excluding hydrogens is 164 g/mol. The van der Waals surface area contributed by atoms with Gasteiger partial charge in [0.15, 0.2) is 0 Å². The van der Waals surface area contributed by atoms with Crippen LogP contribution in [0, 0.1) is 5.41 Å². The standard InChI is InChI=1S/C11H14O2/c1-9(12)11(7-13-8-11)10-5-3-2-4-6-10/h3,5-6H,2,4,7-8H2,1H3. The number of ketones is 1. The molecule has 13 heavy (non-hydrogen) atoms. The summed E-state index contributed by atoms with van der Waals surface area (Å²) in [5, 5.41) is 0. The van der Waals surface area contributed by atoms with Crippen LogP contribution in [-0.4, -0.2) is 19.0 Å². The normalized spacial score (nSPS) is 24.8. The highest BCUT2D eigenvalue weighted by atomic mass is 16.5. The Labute approximate surface area is 78.3 Å². The van der Waals surface area contributed by atoms with E-state index in [9.17, 15) is 4.79 Å². The van der Waals surface area contributed by atoms with Gasteiger partial charge >= 0.3 is 0 Å².